The third kappa shape index (κ3) is 6.97. The summed E-state index contributed by atoms with van der Waals surface area (Å²) in [6, 6.07) is 12.9. The average Bonchev–Trinajstić information content (AvgIpc) is 2.65. The van der Waals surface area contributed by atoms with Crippen LogP contribution >= 0.6 is 15.9 Å². The number of carbonyl (C=O) groups excluding carboxylic acids is 1. The van der Waals surface area contributed by atoms with Crippen LogP contribution in [-0.2, 0) is 5.41 Å². The minimum absolute atomic E-state index is 0.0386. The maximum absolute atomic E-state index is 12.4. The van der Waals surface area contributed by atoms with E-state index in [-0.39, 0.29) is 11.4 Å². The van der Waals surface area contributed by atoms with Crippen molar-refractivity contribution in [2.24, 2.45) is 0 Å². The Morgan fingerprint density at radius 2 is 1.64 bits per heavy atom. The fourth-order valence-electron chi connectivity index (χ4n) is 2.79. The van der Waals surface area contributed by atoms with Gasteiger partial charge in [-0.25, -0.2) is 4.79 Å². The summed E-state index contributed by atoms with van der Waals surface area (Å²) in [6.07, 6.45) is 6.04. The molecule has 0 aliphatic rings. The van der Waals surface area contributed by atoms with E-state index in [1.54, 1.807) is 12.1 Å². The highest BCUT2D eigenvalue weighted by molar-refractivity contribution is 9.10. The molecule has 0 N–H and O–H groups in total. The minimum Gasteiger partial charge on any atom is -0.494 e. The SMILES string of the molecule is CCCCCCCOc1ccc(C(=O)Oc2ccc(C(C)(C)C)cc2Br)cc1. The minimum atomic E-state index is -0.379. The molecule has 0 spiro atoms. The van der Waals surface area contributed by atoms with Crippen LogP contribution in [0.3, 0.4) is 0 Å². The van der Waals surface area contributed by atoms with Gasteiger partial charge < -0.3 is 9.47 Å². The van der Waals surface area contributed by atoms with E-state index in [9.17, 15) is 4.79 Å². The first-order chi connectivity index (χ1) is 13.3. The number of hydrogen-bond acceptors (Lipinski definition) is 3. The molecule has 0 fully saturated rings. The molecule has 2 aromatic carbocycles. The van der Waals surface area contributed by atoms with E-state index in [0.717, 1.165) is 16.6 Å². The summed E-state index contributed by atoms with van der Waals surface area (Å²) in [5.74, 6) is 0.920. The van der Waals surface area contributed by atoms with Crippen molar-refractivity contribution < 1.29 is 14.3 Å². The second kappa shape index (κ2) is 10.7. The Bertz CT molecular complexity index is 760. The predicted octanol–water partition coefficient (Wildman–Crippen LogP) is 7.32. The fraction of sp³-hybridized carbons (Fsp3) is 0.458. The molecule has 152 valence electrons. The van der Waals surface area contributed by atoms with Crippen LogP contribution < -0.4 is 9.47 Å². The van der Waals surface area contributed by atoms with Gasteiger partial charge in [-0.3, -0.25) is 0 Å². The zero-order chi connectivity index (χ0) is 20.6. The zero-order valence-corrected chi connectivity index (χ0v) is 19.0. The first-order valence-electron chi connectivity index (χ1n) is 10.1. The number of esters is 1. The van der Waals surface area contributed by atoms with Crippen molar-refractivity contribution in [2.45, 2.75) is 65.2 Å². The number of ether oxygens (including phenoxy) is 2. The molecule has 0 bridgehead atoms. The molecule has 0 saturated heterocycles. The normalized spacial score (nSPS) is 11.3. The van der Waals surface area contributed by atoms with Gasteiger partial charge in [0.15, 0.2) is 0 Å². The van der Waals surface area contributed by atoms with Gasteiger partial charge in [0.2, 0.25) is 0 Å². The molecule has 28 heavy (non-hydrogen) atoms. The predicted molar refractivity (Wildman–Crippen MR) is 118 cm³/mol. The van der Waals surface area contributed by atoms with Crippen LogP contribution in [0.5, 0.6) is 11.5 Å². The van der Waals surface area contributed by atoms with Crippen LogP contribution in [0, 0.1) is 0 Å². The summed E-state index contributed by atoms with van der Waals surface area (Å²) >= 11 is 3.51. The Morgan fingerprint density at radius 3 is 2.25 bits per heavy atom. The van der Waals surface area contributed by atoms with Crippen LogP contribution in [0.2, 0.25) is 0 Å². The summed E-state index contributed by atoms with van der Waals surface area (Å²) in [5.41, 5.74) is 1.72. The maximum Gasteiger partial charge on any atom is 0.343 e. The van der Waals surface area contributed by atoms with Crippen molar-refractivity contribution in [3.8, 4) is 11.5 Å². The largest absolute Gasteiger partial charge is 0.494 e. The van der Waals surface area contributed by atoms with E-state index >= 15 is 0 Å². The lowest BCUT2D eigenvalue weighted by Crippen LogP contribution is -2.12. The summed E-state index contributed by atoms with van der Waals surface area (Å²) < 4.78 is 12.1. The molecular weight excluding hydrogens is 416 g/mol. The smallest absolute Gasteiger partial charge is 0.343 e. The fourth-order valence-corrected chi connectivity index (χ4v) is 3.25. The van der Waals surface area contributed by atoms with Gasteiger partial charge in [0.1, 0.15) is 11.5 Å². The van der Waals surface area contributed by atoms with Gasteiger partial charge in [0, 0.05) is 0 Å². The number of benzene rings is 2. The molecule has 4 heteroatoms. The summed E-state index contributed by atoms with van der Waals surface area (Å²) in [5, 5.41) is 0. The average molecular weight is 447 g/mol. The van der Waals surface area contributed by atoms with Crippen LogP contribution in [0.25, 0.3) is 0 Å². The molecule has 2 aromatic rings. The molecule has 0 radical (unpaired) electrons. The number of carbonyl (C=O) groups is 1. The molecule has 0 amide bonds. The number of halogens is 1. The van der Waals surface area contributed by atoms with Gasteiger partial charge in [0.05, 0.1) is 16.6 Å². The Morgan fingerprint density at radius 1 is 0.964 bits per heavy atom. The van der Waals surface area contributed by atoms with E-state index < -0.39 is 0 Å². The lowest BCUT2D eigenvalue weighted by Gasteiger charge is -2.20. The zero-order valence-electron chi connectivity index (χ0n) is 17.4. The Kier molecular flexibility index (Phi) is 8.56. The quantitative estimate of drug-likeness (QED) is 0.230. The molecular formula is C24H31BrO3. The van der Waals surface area contributed by atoms with E-state index in [0.29, 0.717) is 17.9 Å². The topological polar surface area (TPSA) is 35.5 Å². The Hall–Kier alpha value is -1.81. The second-order valence-corrected chi connectivity index (χ2v) is 8.93. The van der Waals surface area contributed by atoms with Gasteiger partial charge in [-0.05, 0) is 69.7 Å². The van der Waals surface area contributed by atoms with Crippen LogP contribution in [-0.4, -0.2) is 12.6 Å². The highest BCUT2D eigenvalue weighted by Gasteiger charge is 2.17. The molecule has 0 heterocycles. The Labute approximate surface area is 177 Å². The molecule has 2 rings (SSSR count). The van der Waals surface area contributed by atoms with E-state index in [2.05, 4.69) is 43.6 Å². The Balaban J connectivity index is 1.89. The van der Waals surface area contributed by atoms with Crippen molar-refractivity contribution in [3.05, 3.63) is 58.1 Å². The highest BCUT2D eigenvalue weighted by Crippen LogP contribution is 2.32. The van der Waals surface area contributed by atoms with Crippen molar-refractivity contribution in [1.29, 1.82) is 0 Å². The van der Waals surface area contributed by atoms with Crippen LogP contribution in [0.15, 0.2) is 46.9 Å². The first-order valence-corrected chi connectivity index (χ1v) is 10.9. The standard InChI is InChI=1S/C24H31BrO3/c1-5-6-7-8-9-16-27-20-13-10-18(11-14-20)23(26)28-22-15-12-19(17-21(22)25)24(2,3)4/h10-15,17H,5-9,16H2,1-4H3. The molecule has 3 nitrogen and oxygen atoms in total. The molecule has 0 saturated carbocycles. The van der Waals surface area contributed by atoms with Gasteiger partial charge in [0.25, 0.3) is 0 Å². The summed E-state index contributed by atoms with van der Waals surface area (Å²) in [6.45, 7) is 9.36. The molecule has 0 aromatic heterocycles. The monoisotopic (exact) mass is 446 g/mol. The highest BCUT2D eigenvalue weighted by atomic mass is 79.9. The second-order valence-electron chi connectivity index (χ2n) is 8.07. The van der Waals surface area contributed by atoms with Crippen molar-refractivity contribution in [3.63, 3.8) is 0 Å². The maximum atomic E-state index is 12.4. The van der Waals surface area contributed by atoms with Crippen LogP contribution in [0.1, 0.15) is 75.7 Å². The van der Waals surface area contributed by atoms with Gasteiger partial charge in [-0.15, -0.1) is 0 Å². The summed E-state index contributed by atoms with van der Waals surface area (Å²) in [4.78, 5) is 12.4. The lowest BCUT2D eigenvalue weighted by atomic mass is 9.87. The van der Waals surface area contributed by atoms with Crippen LogP contribution in [0.4, 0.5) is 0 Å². The first kappa shape index (κ1) is 22.5. The molecule has 0 aliphatic carbocycles. The number of unbranched alkanes of at least 4 members (excludes halogenated alkanes) is 4. The van der Waals surface area contributed by atoms with Crippen molar-refractivity contribution in [2.75, 3.05) is 6.61 Å². The third-order valence-corrected chi connectivity index (χ3v) is 5.23. The van der Waals surface area contributed by atoms with E-state index in [1.165, 1.54) is 31.2 Å². The molecule has 0 aliphatic heterocycles. The number of rotatable bonds is 9. The molecule has 0 unspecified atom stereocenters. The van der Waals surface area contributed by atoms with E-state index in [4.69, 9.17) is 9.47 Å². The van der Waals surface area contributed by atoms with E-state index in [1.807, 2.05) is 30.3 Å². The van der Waals surface area contributed by atoms with Gasteiger partial charge in [-0.1, -0.05) is 59.4 Å². The summed E-state index contributed by atoms with van der Waals surface area (Å²) in [7, 11) is 0. The van der Waals surface area contributed by atoms with Crippen molar-refractivity contribution >= 4 is 21.9 Å². The number of hydrogen-bond donors (Lipinski definition) is 0. The molecule has 0 atom stereocenters. The third-order valence-electron chi connectivity index (χ3n) is 4.61. The van der Waals surface area contributed by atoms with Crippen molar-refractivity contribution in [1.82, 2.24) is 0 Å². The van der Waals surface area contributed by atoms with Gasteiger partial charge >= 0.3 is 5.97 Å². The lowest BCUT2D eigenvalue weighted by molar-refractivity contribution is 0.0733. The van der Waals surface area contributed by atoms with Gasteiger partial charge in [-0.2, -0.15) is 0 Å².